The lowest BCUT2D eigenvalue weighted by Crippen LogP contribution is -2.49. The molecule has 0 atom stereocenters. The van der Waals surface area contributed by atoms with Crippen LogP contribution in [0, 0.1) is 0 Å². The number of aromatic nitrogens is 3. The average Bonchev–Trinajstić information content (AvgIpc) is 3.11. The van der Waals surface area contributed by atoms with E-state index in [0.29, 0.717) is 6.42 Å². The number of piperazine rings is 1. The molecule has 26 heavy (non-hydrogen) atoms. The van der Waals surface area contributed by atoms with Gasteiger partial charge in [-0.05, 0) is 25.0 Å². The summed E-state index contributed by atoms with van der Waals surface area (Å²) in [5, 5.41) is 1.12. The van der Waals surface area contributed by atoms with Crippen molar-refractivity contribution >= 4 is 33.3 Å². The van der Waals surface area contributed by atoms with Gasteiger partial charge in [-0.25, -0.2) is 9.97 Å². The molecule has 134 valence electrons. The van der Waals surface area contributed by atoms with Crippen LogP contribution in [0.5, 0.6) is 0 Å². The number of hydrogen-bond acceptors (Lipinski definition) is 6. The second-order valence-corrected chi connectivity index (χ2v) is 7.48. The maximum absolute atomic E-state index is 12.5. The van der Waals surface area contributed by atoms with Crippen LogP contribution >= 0.6 is 11.3 Å². The van der Waals surface area contributed by atoms with E-state index in [2.05, 4.69) is 25.9 Å². The summed E-state index contributed by atoms with van der Waals surface area (Å²) in [4.78, 5) is 29.7. The van der Waals surface area contributed by atoms with Gasteiger partial charge in [-0.1, -0.05) is 12.1 Å². The first-order valence-electron chi connectivity index (χ1n) is 8.93. The van der Waals surface area contributed by atoms with E-state index in [1.54, 1.807) is 29.9 Å². The van der Waals surface area contributed by atoms with Gasteiger partial charge in [0.15, 0.2) is 0 Å². The first-order chi connectivity index (χ1) is 12.8. The maximum atomic E-state index is 12.5. The van der Waals surface area contributed by atoms with Crippen LogP contribution in [0.1, 0.15) is 17.8 Å². The van der Waals surface area contributed by atoms with E-state index in [4.69, 9.17) is 0 Å². The summed E-state index contributed by atoms with van der Waals surface area (Å²) in [6.45, 7) is 3.11. The monoisotopic (exact) mass is 367 g/mol. The molecule has 0 radical (unpaired) electrons. The molecule has 0 saturated carbocycles. The van der Waals surface area contributed by atoms with E-state index in [9.17, 15) is 4.79 Å². The lowest BCUT2D eigenvalue weighted by atomic mass is 10.2. The number of carbonyl (C=O) groups is 1. The summed E-state index contributed by atoms with van der Waals surface area (Å²) < 4.78 is 1.22. The van der Waals surface area contributed by atoms with Crippen LogP contribution in [0.25, 0.3) is 10.2 Å². The Hall–Kier alpha value is -2.54. The molecule has 0 bridgehead atoms. The Labute approximate surface area is 156 Å². The van der Waals surface area contributed by atoms with Gasteiger partial charge in [0.1, 0.15) is 5.82 Å². The number of benzene rings is 1. The number of nitrogens with zero attached hydrogens (tertiary/aromatic N) is 5. The summed E-state index contributed by atoms with van der Waals surface area (Å²) in [5.74, 6) is 1.13. The van der Waals surface area contributed by atoms with E-state index in [1.165, 1.54) is 4.70 Å². The molecule has 1 fully saturated rings. The molecule has 1 amide bonds. The Morgan fingerprint density at radius 2 is 1.96 bits per heavy atom. The van der Waals surface area contributed by atoms with Gasteiger partial charge in [0.2, 0.25) is 5.91 Å². The summed E-state index contributed by atoms with van der Waals surface area (Å²) in [6.07, 6.45) is 7.45. The molecule has 6 nitrogen and oxygen atoms in total. The minimum atomic E-state index is 0.241. The van der Waals surface area contributed by atoms with Crippen LogP contribution in [0.2, 0.25) is 0 Å². The number of carbonyl (C=O) groups excluding carboxylic acids is 1. The zero-order valence-electron chi connectivity index (χ0n) is 14.5. The van der Waals surface area contributed by atoms with E-state index in [0.717, 1.165) is 55.4 Å². The molecule has 3 aromatic rings. The van der Waals surface area contributed by atoms with Gasteiger partial charge in [-0.15, -0.1) is 11.3 Å². The summed E-state index contributed by atoms with van der Waals surface area (Å²) in [7, 11) is 0. The standard InChI is InChI=1S/C19H21N5OS/c25-19(7-3-6-18-22-15-4-1-2-5-16(15)26-18)24-12-10-23(11-13-24)17-14-20-8-9-21-17/h1-2,4-5,8-9,14H,3,6-7,10-13H2. The van der Waals surface area contributed by atoms with Crippen molar-refractivity contribution in [2.45, 2.75) is 19.3 Å². The molecule has 3 heterocycles. The third kappa shape index (κ3) is 3.83. The molecule has 1 aliphatic rings. The Bertz CT molecular complexity index is 841. The topological polar surface area (TPSA) is 62.2 Å². The highest BCUT2D eigenvalue weighted by Crippen LogP contribution is 2.23. The molecule has 1 aliphatic heterocycles. The zero-order valence-corrected chi connectivity index (χ0v) is 15.4. The fourth-order valence-corrected chi connectivity index (χ4v) is 4.22. The molecule has 1 saturated heterocycles. The molecule has 0 spiro atoms. The number of aryl methyl sites for hydroxylation is 1. The van der Waals surface area contributed by atoms with Gasteiger partial charge < -0.3 is 9.80 Å². The van der Waals surface area contributed by atoms with Crippen molar-refractivity contribution in [3.63, 3.8) is 0 Å². The van der Waals surface area contributed by atoms with Crippen molar-refractivity contribution in [1.29, 1.82) is 0 Å². The Morgan fingerprint density at radius 3 is 2.73 bits per heavy atom. The highest BCUT2D eigenvalue weighted by atomic mass is 32.1. The van der Waals surface area contributed by atoms with Gasteiger partial charge >= 0.3 is 0 Å². The Morgan fingerprint density at radius 1 is 1.12 bits per heavy atom. The highest BCUT2D eigenvalue weighted by molar-refractivity contribution is 7.18. The van der Waals surface area contributed by atoms with Crippen LogP contribution in [-0.4, -0.2) is 51.9 Å². The molecule has 0 aliphatic carbocycles. The van der Waals surface area contributed by atoms with Gasteiger partial charge in [-0.3, -0.25) is 9.78 Å². The predicted octanol–water partition coefficient (Wildman–Crippen LogP) is 2.76. The molecule has 1 aromatic carbocycles. The Balaban J connectivity index is 1.24. The van der Waals surface area contributed by atoms with E-state index < -0.39 is 0 Å². The third-order valence-electron chi connectivity index (χ3n) is 4.63. The van der Waals surface area contributed by atoms with Crippen molar-refractivity contribution < 1.29 is 4.79 Å². The Kier molecular flexibility index (Phi) is 5.06. The zero-order chi connectivity index (χ0) is 17.8. The molecule has 2 aromatic heterocycles. The third-order valence-corrected chi connectivity index (χ3v) is 5.72. The van der Waals surface area contributed by atoms with Crippen LogP contribution in [-0.2, 0) is 11.2 Å². The maximum Gasteiger partial charge on any atom is 0.222 e. The van der Waals surface area contributed by atoms with Crippen molar-refractivity contribution in [3.05, 3.63) is 47.9 Å². The molecular formula is C19H21N5OS. The highest BCUT2D eigenvalue weighted by Gasteiger charge is 2.21. The SMILES string of the molecule is O=C(CCCc1nc2ccccc2s1)N1CCN(c2cnccn2)CC1. The van der Waals surface area contributed by atoms with Crippen LogP contribution in [0.15, 0.2) is 42.9 Å². The predicted molar refractivity (Wildman–Crippen MR) is 103 cm³/mol. The first-order valence-corrected chi connectivity index (χ1v) is 9.74. The summed E-state index contributed by atoms with van der Waals surface area (Å²) in [6, 6.07) is 8.18. The number of rotatable bonds is 5. The number of thiazole rings is 1. The van der Waals surface area contributed by atoms with Crippen molar-refractivity contribution in [2.24, 2.45) is 0 Å². The molecule has 4 rings (SSSR count). The van der Waals surface area contributed by atoms with Gasteiger partial charge in [0, 0.05) is 45.0 Å². The fraction of sp³-hybridized carbons (Fsp3) is 0.368. The smallest absolute Gasteiger partial charge is 0.222 e. The number of para-hydroxylation sites is 1. The van der Waals surface area contributed by atoms with Crippen LogP contribution in [0.3, 0.4) is 0 Å². The fourth-order valence-electron chi connectivity index (χ4n) is 3.22. The van der Waals surface area contributed by atoms with E-state index in [1.807, 2.05) is 23.1 Å². The first kappa shape index (κ1) is 16.9. The summed E-state index contributed by atoms with van der Waals surface area (Å²) >= 11 is 1.73. The second-order valence-electron chi connectivity index (χ2n) is 6.36. The number of fused-ring (bicyclic) bond motifs is 1. The van der Waals surface area contributed by atoms with Gasteiger partial charge in [0.25, 0.3) is 0 Å². The minimum Gasteiger partial charge on any atom is -0.352 e. The normalized spacial score (nSPS) is 14.8. The van der Waals surface area contributed by atoms with E-state index in [-0.39, 0.29) is 5.91 Å². The van der Waals surface area contributed by atoms with Crippen molar-refractivity contribution in [3.8, 4) is 0 Å². The lowest BCUT2D eigenvalue weighted by molar-refractivity contribution is -0.131. The van der Waals surface area contributed by atoms with Crippen molar-refractivity contribution in [1.82, 2.24) is 19.9 Å². The number of amides is 1. The lowest BCUT2D eigenvalue weighted by Gasteiger charge is -2.35. The summed E-state index contributed by atoms with van der Waals surface area (Å²) in [5.41, 5.74) is 1.05. The largest absolute Gasteiger partial charge is 0.352 e. The molecular weight excluding hydrogens is 346 g/mol. The van der Waals surface area contributed by atoms with Crippen LogP contribution < -0.4 is 4.90 Å². The van der Waals surface area contributed by atoms with Crippen molar-refractivity contribution in [2.75, 3.05) is 31.1 Å². The minimum absolute atomic E-state index is 0.241. The van der Waals surface area contributed by atoms with E-state index >= 15 is 0 Å². The van der Waals surface area contributed by atoms with Gasteiger partial charge in [0.05, 0.1) is 21.4 Å². The molecule has 0 N–H and O–H groups in total. The quantitative estimate of drug-likeness (QED) is 0.694. The molecule has 7 heteroatoms. The number of anilines is 1. The molecule has 0 unspecified atom stereocenters. The van der Waals surface area contributed by atoms with Gasteiger partial charge in [-0.2, -0.15) is 0 Å². The second kappa shape index (κ2) is 7.78. The van der Waals surface area contributed by atoms with Crippen LogP contribution in [0.4, 0.5) is 5.82 Å². The number of hydrogen-bond donors (Lipinski definition) is 0. The average molecular weight is 367 g/mol.